The molecular weight excluding hydrogens is 254 g/mol. The van der Waals surface area contributed by atoms with E-state index in [0.29, 0.717) is 19.8 Å². The van der Waals surface area contributed by atoms with E-state index in [0.717, 1.165) is 34.5 Å². The van der Waals surface area contributed by atoms with Crippen LogP contribution in [0.3, 0.4) is 0 Å². The fraction of sp³-hybridized carbons (Fsp3) is 0.400. The van der Waals surface area contributed by atoms with Crippen molar-refractivity contribution in [1.29, 1.82) is 0 Å². The molecule has 106 valence electrons. The van der Waals surface area contributed by atoms with Crippen LogP contribution in [0, 0.1) is 0 Å². The summed E-state index contributed by atoms with van der Waals surface area (Å²) in [5.41, 5.74) is 5.59. The highest BCUT2D eigenvalue weighted by molar-refractivity contribution is 5.94. The zero-order valence-corrected chi connectivity index (χ0v) is 11.6. The molecule has 2 aromatic rings. The molecule has 0 fully saturated rings. The van der Waals surface area contributed by atoms with Crippen LogP contribution in [0.4, 0.5) is 5.82 Å². The number of anilines is 1. The van der Waals surface area contributed by atoms with E-state index < -0.39 is 0 Å². The Morgan fingerprint density at radius 3 is 2.80 bits per heavy atom. The summed E-state index contributed by atoms with van der Waals surface area (Å²) in [6, 6.07) is 6.26. The third-order valence-electron chi connectivity index (χ3n) is 3.41. The van der Waals surface area contributed by atoms with Crippen LogP contribution in [0.5, 0.6) is 11.5 Å². The Morgan fingerprint density at radius 1 is 1.30 bits per heavy atom. The molecule has 1 atom stereocenters. The predicted molar refractivity (Wildman–Crippen MR) is 79.5 cm³/mol. The first-order valence-corrected chi connectivity index (χ1v) is 6.93. The quantitative estimate of drug-likeness (QED) is 0.893. The molecule has 1 aromatic heterocycles. The Kier molecular flexibility index (Phi) is 3.60. The number of nitrogens with two attached hydrogens (primary N) is 1. The fourth-order valence-electron chi connectivity index (χ4n) is 2.38. The second-order valence-corrected chi connectivity index (χ2v) is 5.00. The van der Waals surface area contributed by atoms with E-state index in [4.69, 9.17) is 15.2 Å². The molecule has 1 aliphatic rings. The number of ether oxygens (including phenoxy) is 2. The van der Waals surface area contributed by atoms with E-state index in [1.165, 1.54) is 0 Å². The number of hydrogen-bond acceptors (Lipinski definition) is 5. The molecule has 5 heteroatoms. The highest BCUT2D eigenvalue weighted by Gasteiger charge is 2.15. The van der Waals surface area contributed by atoms with Gasteiger partial charge in [0.1, 0.15) is 19.0 Å². The molecule has 0 spiro atoms. The second-order valence-electron chi connectivity index (χ2n) is 5.00. The van der Waals surface area contributed by atoms with Gasteiger partial charge in [-0.25, -0.2) is 4.98 Å². The van der Waals surface area contributed by atoms with Crippen LogP contribution < -0.4 is 20.5 Å². The lowest BCUT2D eigenvalue weighted by molar-refractivity contribution is 0.172. The number of aromatic nitrogens is 1. The first-order chi connectivity index (χ1) is 9.78. The van der Waals surface area contributed by atoms with E-state index in [-0.39, 0.29) is 6.04 Å². The summed E-state index contributed by atoms with van der Waals surface area (Å²) >= 11 is 0. The van der Waals surface area contributed by atoms with Crippen molar-refractivity contribution in [2.75, 3.05) is 25.1 Å². The number of hydrogen-bond donors (Lipinski definition) is 2. The fourth-order valence-corrected chi connectivity index (χ4v) is 2.38. The first kappa shape index (κ1) is 13.0. The highest BCUT2D eigenvalue weighted by atomic mass is 16.6. The predicted octanol–water partition coefficient (Wildman–Crippen LogP) is 2.16. The summed E-state index contributed by atoms with van der Waals surface area (Å²) in [6.07, 6.45) is 2.71. The lowest BCUT2D eigenvalue weighted by Gasteiger charge is -2.20. The first-order valence-electron chi connectivity index (χ1n) is 6.93. The lowest BCUT2D eigenvalue weighted by Crippen LogP contribution is -2.20. The zero-order valence-electron chi connectivity index (χ0n) is 11.6. The molecular formula is C15H19N3O2. The van der Waals surface area contributed by atoms with Crippen LogP contribution in [0.1, 0.15) is 13.3 Å². The van der Waals surface area contributed by atoms with Gasteiger partial charge in [-0.1, -0.05) is 0 Å². The number of nitrogens with one attached hydrogen (secondary N) is 1. The van der Waals surface area contributed by atoms with Crippen molar-refractivity contribution >= 4 is 16.6 Å². The molecule has 5 nitrogen and oxygen atoms in total. The average Bonchev–Trinajstić information content (AvgIpc) is 2.46. The second kappa shape index (κ2) is 5.54. The van der Waals surface area contributed by atoms with Crippen LogP contribution >= 0.6 is 0 Å². The van der Waals surface area contributed by atoms with Crippen molar-refractivity contribution in [2.24, 2.45) is 5.73 Å². The third-order valence-corrected chi connectivity index (χ3v) is 3.41. The molecule has 3 rings (SSSR count). The van der Waals surface area contributed by atoms with Crippen LogP contribution in [-0.2, 0) is 0 Å². The summed E-state index contributed by atoms with van der Waals surface area (Å²) in [5.74, 6) is 2.45. The standard InChI is InChI=1S/C15H19N3O2/c1-10(2-4-16)18-15-12-9-14-13(19-6-7-20-14)8-11(12)3-5-17-15/h3,5,8-10H,2,4,6-7,16H2,1H3,(H,17,18). The Hall–Kier alpha value is -2.01. The van der Waals surface area contributed by atoms with Gasteiger partial charge >= 0.3 is 0 Å². The van der Waals surface area contributed by atoms with Gasteiger partial charge in [-0.15, -0.1) is 0 Å². The molecule has 0 saturated heterocycles. The van der Waals surface area contributed by atoms with Gasteiger partial charge in [0, 0.05) is 17.6 Å². The molecule has 0 aliphatic carbocycles. The van der Waals surface area contributed by atoms with Gasteiger partial charge in [0.25, 0.3) is 0 Å². The van der Waals surface area contributed by atoms with Crippen LogP contribution in [0.2, 0.25) is 0 Å². The average molecular weight is 273 g/mol. The van der Waals surface area contributed by atoms with E-state index >= 15 is 0 Å². The molecule has 1 unspecified atom stereocenters. The minimum atomic E-state index is 0.284. The number of benzene rings is 1. The van der Waals surface area contributed by atoms with Crippen molar-refractivity contribution in [2.45, 2.75) is 19.4 Å². The minimum absolute atomic E-state index is 0.284. The van der Waals surface area contributed by atoms with Gasteiger partial charge in [0.2, 0.25) is 0 Å². The van der Waals surface area contributed by atoms with Crippen molar-refractivity contribution in [3.63, 3.8) is 0 Å². The van der Waals surface area contributed by atoms with Crippen LogP contribution in [0.25, 0.3) is 10.8 Å². The molecule has 0 bridgehead atoms. The summed E-state index contributed by atoms with van der Waals surface area (Å²) < 4.78 is 11.2. The molecule has 20 heavy (non-hydrogen) atoms. The summed E-state index contributed by atoms with van der Waals surface area (Å²) in [6.45, 7) is 3.95. The molecule has 1 aromatic carbocycles. The van der Waals surface area contributed by atoms with E-state index in [2.05, 4.69) is 17.2 Å². The summed E-state index contributed by atoms with van der Waals surface area (Å²) in [5, 5.41) is 5.54. The largest absolute Gasteiger partial charge is 0.486 e. The van der Waals surface area contributed by atoms with Gasteiger partial charge < -0.3 is 20.5 Å². The van der Waals surface area contributed by atoms with Crippen molar-refractivity contribution < 1.29 is 9.47 Å². The molecule has 0 saturated carbocycles. The van der Waals surface area contributed by atoms with Crippen LogP contribution in [0.15, 0.2) is 24.4 Å². The smallest absolute Gasteiger partial charge is 0.162 e. The van der Waals surface area contributed by atoms with Crippen molar-refractivity contribution in [1.82, 2.24) is 4.98 Å². The Morgan fingerprint density at radius 2 is 2.05 bits per heavy atom. The Balaban J connectivity index is 2.00. The van der Waals surface area contributed by atoms with E-state index in [1.807, 2.05) is 18.2 Å². The van der Waals surface area contributed by atoms with Crippen molar-refractivity contribution in [3.05, 3.63) is 24.4 Å². The highest BCUT2D eigenvalue weighted by Crippen LogP contribution is 2.36. The molecule has 3 N–H and O–H groups in total. The topological polar surface area (TPSA) is 69.4 Å². The van der Waals surface area contributed by atoms with E-state index in [9.17, 15) is 0 Å². The maximum Gasteiger partial charge on any atom is 0.162 e. The van der Waals surface area contributed by atoms with E-state index in [1.54, 1.807) is 6.20 Å². The molecule has 2 heterocycles. The SMILES string of the molecule is CC(CCN)Nc1nccc2cc3c(cc12)OCCO3. The maximum absolute atomic E-state index is 5.64. The monoisotopic (exact) mass is 273 g/mol. The maximum atomic E-state index is 5.64. The zero-order chi connectivity index (χ0) is 13.9. The molecule has 0 amide bonds. The summed E-state index contributed by atoms with van der Waals surface area (Å²) in [4.78, 5) is 4.43. The van der Waals surface area contributed by atoms with Gasteiger partial charge in [-0.05, 0) is 43.5 Å². The number of fused-ring (bicyclic) bond motifs is 2. The Bertz CT molecular complexity index is 615. The lowest BCUT2D eigenvalue weighted by atomic mass is 10.1. The van der Waals surface area contributed by atoms with Gasteiger partial charge in [0.05, 0.1) is 0 Å². The summed E-state index contributed by atoms with van der Waals surface area (Å²) in [7, 11) is 0. The molecule has 0 radical (unpaired) electrons. The Labute approximate surface area is 118 Å². The minimum Gasteiger partial charge on any atom is -0.486 e. The normalized spacial score (nSPS) is 15.1. The number of nitrogens with zero attached hydrogens (tertiary/aromatic N) is 1. The van der Waals surface area contributed by atoms with Gasteiger partial charge in [-0.3, -0.25) is 0 Å². The van der Waals surface area contributed by atoms with Gasteiger partial charge in [-0.2, -0.15) is 0 Å². The van der Waals surface area contributed by atoms with Crippen LogP contribution in [-0.4, -0.2) is 30.8 Å². The molecule has 1 aliphatic heterocycles. The van der Waals surface area contributed by atoms with Crippen molar-refractivity contribution in [3.8, 4) is 11.5 Å². The van der Waals surface area contributed by atoms with Gasteiger partial charge in [0.15, 0.2) is 11.5 Å². The number of pyridine rings is 1. The third kappa shape index (κ3) is 2.49. The number of rotatable bonds is 4.